The van der Waals surface area contributed by atoms with E-state index in [0.29, 0.717) is 29.2 Å². The number of methoxy groups -OCH3 is 1. The summed E-state index contributed by atoms with van der Waals surface area (Å²) in [4.78, 5) is 28.3. The van der Waals surface area contributed by atoms with Crippen LogP contribution in [-0.4, -0.2) is 24.0 Å². The molecule has 26 heavy (non-hydrogen) atoms. The minimum atomic E-state index is -0.383. The first-order chi connectivity index (χ1) is 12.6. The molecule has 1 amide bonds. The van der Waals surface area contributed by atoms with Crippen LogP contribution in [0.2, 0.25) is 0 Å². The van der Waals surface area contributed by atoms with E-state index in [9.17, 15) is 9.59 Å². The van der Waals surface area contributed by atoms with Gasteiger partial charge < -0.3 is 14.5 Å². The molecule has 1 aromatic heterocycles. The molecule has 4 rings (SSSR count). The van der Waals surface area contributed by atoms with Gasteiger partial charge in [-0.3, -0.25) is 4.79 Å². The molecule has 1 saturated carbocycles. The number of fused-ring (bicyclic) bond motifs is 1. The van der Waals surface area contributed by atoms with E-state index in [0.717, 1.165) is 29.8 Å². The fraction of sp³-hybridized carbons (Fsp3) is 0.250. The molecule has 0 atom stereocenters. The molecule has 6 nitrogen and oxygen atoms in total. The van der Waals surface area contributed by atoms with Crippen molar-refractivity contribution in [2.45, 2.75) is 25.3 Å². The molecule has 1 N–H and O–H groups in total. The number of amides is 1. The van der Waals surface area contributed by atoms with Crippen molar-refractivity contribution >= 4 is 23.0 Å². The summed E-state index contributed by atoms with van der Waals surface area (Å²) in [6.45, 7) is 0.363. The molecule has 1 fully saturated rings. The monoisotopic (exact) mass is 350 g/mol. The minimum Gasteiger partial charge on any atom is -0.465 e. The highest BCUT2D eigenvalue weighted by atomic mass is 16.5. The van der Waals surface area contributed by atoms with Crippen molar-refractivity contribution in [1.29, 1.82) is 0 Å². The third-order valence-electron chi connectivity index (χ3n) is 4.42. The topological polar surface area (TPSA) is 81.4 Å². The summed E-state index contributed by atoms with van der Waals surface area (Å²) in [6.07, 6.45) is 2.24. The quantitative estimate of drug-likeness (QED) is 0.713. The third-order valence-corrected chi connectivity index (χ3v) is 4.42. The number of hydrogen-bond donors (Lipinski definition) is 1. The maximum absolute atomic E-state index is 12.4. The van der Waals surface area contributed by atoms with Gasteiger partial charge in [-0.15, -0.1) is 0 Å². The van der Waals surface area contributed by atoms with E-state index in [2.05, 4.69) is 15.0 Å². The number of hydrogen-bond acceptors (Lipinski definition) is 5. The van der Waals surface area contributed by atoms with E-state index in [1.807, 2.05) is 6.07 Å². The van der Waals surface area contributed by atoms with E-state index >= 15 is 0 Å². The lowest BCUT2D eigenvalue weighted by Crippen LogP contribution is -2.22. The van der Waals surface area contributed by atoms with Crippen molar-refractivity contribution in [3.05, 3.63) is 65.0 Å². The highest BCUT2D eigenvalue weighted by Gasteiger charge is 2.29. The normalized spacial score (nSPS) is 13.6. The number of carbonyl (C=O) groups excluding carboxylic acids is 2. The predicted octanol–water partition coefficient (Wildman–Crippen LogP) is 3.42. The molecule has 132 valence electrons. The molecule has 1 aliphatic rings. The number of carbonyl (C=O) groups is 2. The molecule has 1 heterocycles. The van der Waals surface area contributed by atoms with Gasteiger partial charge in [0.1, 0.15) is 5.52 Å². The molecule has 0 aliphatic heterocycles. The number of benzene rings is 2. The lowest BCUT2D eigenvalue weighted by molar-refractivity contribution is 0.0600. The fourth-order valence-corrected chi connectivity index (χ4v) is 2.75. The Morgan fingerprint density at radius 1 is 1.15 bits per heavy atom. The molecule has 0 spiro atoms. The van der Waals surface area contributed by atoms with E-state index in [1.165, 1.54) is 7.11 Å². The molecular weight excluding hydrogens is 332 g/mol. The van der Waals surface area contributed by atoms with Crippen molar-refractivity contribution in [2.75, 3.05) is 7.11 Å². The Balaban J connectivity index is 1.42. The van der Waals surface area contributed by atoms with E-state index < -0.39 is 0 Å². The zero-order chi connectivity index (χ0) is 18.1. The molecule has 0 unspecified atom stereocenters. The number of aromatic nitrogens is 1. The molecule has 0 saturated heterocycles. The van der Waals surface area contributed by atoms with E-state index in [-0.39, 0.29) is 11.9 Å². The van der Waals surface area contributed by atoms with Gasteiger partial charge in [0, 0.05) is 18.0 Å². The molecule has 0 radical (unpaired) electrons. The lowest BCUT2D eigenvalue weighted by Gasteiger charge is -2.06. The van der Waals surface area contributed by atoms with Crippen LogP contribution in [0.25, 0.3) is 11.1 Å². The highest BCUT2D eigenvalue weighted by Crippen LogP contribution is 2.40. The second kappa shape index (κ2) is 6.63. The summed E-state index contributed by atoms with van der Waals surface area (Å²) in [5, 5.41) is 2.87. The van der Waals surface area contributed by atoms with Gasteiger partial charge in [0.05, 0.1) is 12.7 Å². The maximum atomic E-state index is 12.4. The van der Waals surface area contributed by atoms with Crippen LogP contribution in [0, 0.1) is 0 Å². The van der Waals surface area contributed by atoms with Crippen LogP contribution in [0.1, 0.15) is 50.9 Å². The van der Waals surface area contributed by atoms with Gasteiger partial charge >= 0.3 is 5.97 Å². The van der Waals surface area contributed by atoms with Gasteiger partial charge in [-0.25, -0.2) is 9.78 Å². The summed E-state index contributed by atoms with van der Waals surface area (Å²) in [6, 6.07) is 12.2. The molecule has 0 bridgehead atoms. The van der Waals surface area contributed by atoms with Crippen LogP contribution in [0.15, 0.2) is 46.9 Å². The van der Waals surface area contributed by atoms with Crippen molar-refractivity contribution < 1.29 is 18.7 Å². The summed E-state index contributed by atoms with van der Waals surface area (Å²) < 4.78 is 10.4. The van der Waals surface area contributed by atoms with Crippen LogP contribution < -0.4 is 5.32 Å². The summed E-state index contributed by atoms with van der Waals surface area (Å²) in [7, 11) is 1.34. The van der Waals surface area contributed by atoms with Crippen molar-refractivity contribution in [1.82, 2.24) is 10.3 Å². The van der Waals surface area contributed by atoms with Crippen LogP contribution in [-0.2, 0) is 11.3 Å². The number of rotatable bonds is 5. The second-order valence-corrected chi connectivity index (χ2v) is 6.38. The van der Waals surface area contributed by atoms with E-state index in [1.54, 1.807) is 36.4 Å². The van der Waals surface area contributed by atoms with Gasteiger partial charge in [-0.1, -0.05) is 12.1 Å². The van der Waals surface area contributed by atoms with Crippen LogP contribution in [0.5, 0.6) is 0 Å². The summed E-state index contributed by atoms with van der Waals surface area (Å²) in [5.74, 6) is 0.635. The number of esters is 1. The Kier molecular flexibility index (Phi) is 4.16. The highest BCUT2D eigenvalue weighted by molar-refractivity contribution is 5.97. The molecule has 2 aromatic carbocycles. The van der Waals surface area contributed by atoms with Crippen molar-refractivity contribution in [3.8, 4) is 0 Å². The first kappa shape index (κ1) is 16.3. The van der Waals surface area contributed by atoms with Crippen LogP contribution in [0.4, 0.5) is 0 Å². The van der Waals surface area contributed by atoms with Crippen LogP contribution in [0.3, 0.4) is 0 Å². The number of ether oxygens (including phenoxy) is 1. The standard InChI is InChI=1S/C20H18N2O4/c1-25-20(24)14-4-2-12(3-5-14)11-21-18(23)15-8-9-16-17(10-15)26-19(22-16)13-6-7-13/h2-5,8-10,13H,6-7,11H2,1H3,(H,21,23). The van der Waals surface area contributed by atoms with E-state index in [4.69, 9.17) is 4.42 Å². The molecule has 3 aromatic rings. The Labute approximate surface area is 150 Å². The third kappa shape index (κ3) is 3.31. The average Bonchev–Trinajstić information content (AvgIpc) is 3.44. The van der Waals surface area contributed by atoms with Gasteiger partial charge in [-0.05, 0) is 48.7 Å². The minimum absolute atomic E-state index is 0.187. The Morgan fingerprint density at radius 3 is 2.58 bits per heavy atom. The first-order valence-electron chi connectivity index (χ1n) is 8.50. The van der Waals surface area contributed by atoms with Crippen molar-refractivity contribution in [3.63, 3.8) is 0 Å². The Hall–Kier alpha value is -3.15. The Bertz CT molecular complexity index is 971. The average molecular weight is 350 g/mol. The molecular formula is C20H18N2O4. The summed E-state index contributed by atoms with van der Waals surface area (Å²) >= 11 is 0. The molecule has 6 heteroatoms. The number of nitrogens with zero attached hydrogens (tertiary/aromatic N) is 1. The smallest absolute Gasteiger partial charge is 0.337 e. The second-order valence-electron chi connectivity index (χ2n) is 6.38. The molecule has 1 aliphatic carbocycles. The zero-order valence-electron chi connectivity index (χ0n) is 14.3. The van der Waals surface area contributed by atoms with Gasteiger partial charge in [0.15, 0.2) is 11.5 Å². The van der Waals surface area contributed by atoms with Gasteiger partial charge in [-0.2, -0.15) is 0 Å². The van der Waals surface area contributed by atoms with Gasteiger partial charge in [0.25, 0.3) is 5.91 Å². The Morgan fingerprint density at radius 2 is 1.88 bits per heavy atom. The fourth-order valence-electron chi connectivity index (χ4n) is 2.75. The summed E-state index contributed by atoms with van der Waals surface area (Å²) in [5.41, 5.74) is 3.32. The number of nitrogens with one attached hydrogen (secondary N) is 1. The van der Waals surface area contributed by atoms with Crippen molar-refractivity contribution in [2.24, 2.45) is 0 Å². The number of oxazole rings is 1. The zero-order valence-corrected chi connectivity index (χ0v) is 14.3. The van der Waals surface area contributed by atoms with Gasteiger partial charge in [0.2, 0.25) is 0 Å². The lowest BCUT2D eigenvalue weighted by atomic mass is 10.1. The predicted molar refractivity (Wildman–Crippen MR) is 94.9 cm³/mol. The largest absolute Gasteiger partial charge is 0.465 e. The van der Waals surface area contributed by atoms with Crippen LogP contribution >= 0.6 is 0 Å². The SMILES string of the molecule is COC(=O)c1ccc(CNC(=O)c2ccc3nc(C4CC4)oc3c2)cc1. The first-order valence-corrected chi connectivity index (χ1v) is 8.50. The maximum Gasteiger partial charge on any atom is 0.337 e.